The average molecular weight is 296 g/mol. The standard InChI is InChI=1S/C17H20N4O/c1-11(2)18-16-9-8-14(19-20-16)17(22)21-12(3)10-13-6-4-5-7-15(13)21/h4-9,11-12H,10H2,1-3H3,(H,18,20). The summed E-state index contributed by atoms with van der Waals surface area (Å²) < 4.78 is 0. The number of carbonyl (C=O) groups excluding carboxylic acids is 1. The first kappa shape index (κ1) is 14.5. The molecule has 1 N–H and O–H groups in total. The number of aromatic nitrogens is 2. The third kappa shape index (κ3) is 2.66. The van der Waals surface area contributed by atoms with E-state index in [2.05, 4.69) is 28.5 Å². The van der Waals surface area contributed by atoms with Crippen LogP contribution in [-0.2, 0) is 6.42 Å². The van der Waals surface area contributed by atoms with Crippen LogP contribution in [-0.4, -0.2) is 28.2 Å². The van der Waals surface area contributed by atoms with E-state index < -0.39 is 0 Å². The molecular formula is C17H20N4O. The molecule has 5 heteroatoms. The lowest BCUT2D eigenvalue weighted by Gasteiger charge is -2.22. The molecule has 0 spiro atoms. The molecule has 0 radical (unpaired) electrons. The van der Waals surface area contributed by atoms with Crippen molar-refractivity contribution in [2.75, 3.05) is 10.2 Å². The van der Waals surface area contributed by atoms with Gasteiger partial charge in [0.15, 0.2) is 5.69 Å². The monoisotopic (exact) mass is 296 g/mol. The molecule has 2 heterocycles. The molecule has 5 nitrogen and oxygen atoms in total. The van der Waals surface area contributed by atoms with E-state index in [0.29, 0.717) is 11.5 Å². The highest BCUT2D eigenvalue weighted by Gasteiger charge is 2.31. The Balaban J connectivity index is 1.85. The Kier molecular flexibility index (Phi) is 3.79. The number of rotatable bonds is 3. The van der Waals surface area contributed by atoms with Gasteiger partial charge in [-0.3, -0.25) is 4.79 Å². The van der Waals surface area contributed by atoms with Gasteiger partial charge in [-0.1, -0.05) is 18.2 Å². The average Bonchev–Trinajstić information content (AvgIpc) is 2.82. The van der Waals surface area contributed by atoms with E-state index in [-0.39, 0.29) is 18.0 Å². The summed E-state index contributed by atoms with van der Waals surface area (Å²) in [6.45, 7) is 6.12. The highest BCUT2D eigenvalue weighted by Crippen LogP contribution is 2.32. The first-order valence-corrected chi connectivity index (χ1v) is 7.58. The molecule has 114 valence electrons. The van der Waals surface area contributed by atoms with Gasteiger partial charge in [0.2, 0.25) is 0 Å². The Morgan fingerprint density at radius 1 is 1.23 bits per heavy atom. The Hall–Kier alpha value is -2.43. The van der Waals surface area contributed by atoms with Crippen LogP contribution in [0, 0.1) is 0 Å². The molecule has 0 bridgehead atoms. The molecule has 1 atom stereocenters. The molecule has 1 aromatic carbocycles. The van der Waals surface area contributed by atoms with Crippen molar-refractivity contribution in [2.45, 2.75) is 39.3 Å². The number of hydrogen-bond donors (Lipinski definition) is 1. The van der Waals surface area contributed by atoms with E-state index in [1.807, 2.05) is 36.9 Å². The van der Waals surface area contributed by atoms with Crippen LogP contribution in [0.1, 0.15) is 36.8 Å². The predicted molar refractivity (Wildman–Crippen MR) is 87.2 cm³/mol. The maximum absolute atomic E-state index is 12.8. The lowest BCUT2D eigenvalue weighted by Crippen LogP contribution is -2.36. The van der Waals surface area contributed by atoms with Gasteiger partial charge in [0.05, 0.1) is 0 Å². The largest absolute Gasteiger partial charge is 0.366 e. The van der Waals surface area contributed by atoms with Gasteiger partial charge in [-0.15, -0.1) is 10.2 Å². The van der Waals surface area contributed by atoms with E-state index >= 15 is 0 Å². The van der Waals surface area contributed by atoms with Gasteiger partial charge in [-0.2, -0.15) is 0 Å². The van der Waals surface area contributed by atoms with E-state index in [4.69, 9.17) is 0 Å². The van der Waals surface area contributed by atoms with Crippen LogP contribution in [0.5, 0.6) is 0 Å². The number of fused-ring (bicyclic) bond motifs is 1. The maximum atomic E-state index is 12.8. The van der Waals surface area contributed by atoms with Gasteiger partial charge < -0.3 is 10.2 Å². The number of para-hydroxylation sites is 1. The van der Waals surface area contributed by atoms with Crippen molar-refractivity contribution in [3.8, 4) is 0 Å². The zero-order chi connectivity index (χ0) is 15.7. The van der Waals surface area contributed by atoms with Gasteiger partial charge in [0.25, 0.3) is 5.91 Å². The molecule has 0 aliphatic carbocycles. The Morgan fingerprint density at radius 2 is 2.00 bits per heavy atom. The van der Waals surface area contributed by atoms with Crippen molar-refractivity contribution >= 4 is 17.4 Å². The summed E-state index contributed by atoms with van der Waals surface area (Å²) in [5.41, 5.74) is 2.55. The number of benzene rings is 1. The fourth-order valence-corrected chi connectivity index (χ4v) is 2.82. The molecule has 3 rings (SSSR count). The van der Waals surface area contributed by atoms with Crippen LogP contribution in [0.4, 0.5) is 11.5 Å². The van der Waals surface area contributed by atoms with E-state index in [1.165, 1.54) is 5.56 Å². The zero-order valence-electron chi connectivity index (χ0n) is 13.1. The lowest BCUT2D eigenvalue weighted by atomic mass is 10.1. The molecule has 2 aromatic rings. The van der Waals surface area contributed by atoms with E-state index in [9.17, 15) is 4.79 Å². The number of nitrogens with zero attached hydrogens (tertiary/aromatic N) is 3. The van der Waals surface area contributed by atoms with Crippen LogP contribution in [0.15, 0.2) is 36.4 Å². The van der Waals surface area contributed by atoms with Crippen molar-refractivity contribution in [3.05, 3.63) is 47.7 Å². The molecule has 1 aliphatic heterocycles. The summed E-state index contributed by atoms with van der Waals surface area (Å²) in [7, 11) is 0. The number of carbonyl (C=O) groups is 1. The molecule has 0 fully saturated rings. The van der Waals surface area contributed by atoms with Gasteiger partial charge in [-0.05, 0) is 51.0 Å². The number of anilines is 2. The van der Waals surface area contributed by atoms with Gasteiger partial charge in [0, 0.05) is 17.8 Å². The third-order valence-electron chi connectivity index (χ3n) is 3.75. The summed E-state index contributed by atoms with van der Waals surface area (Å²) in [5, 5.41) is 11.3. The van der Waals surface area contributed by atoms with Crippen LogP contribution in [0.3, 0.4) is 0 Å². The summed E-state index contributed by atoms with van der Waals surface area (Å²) >= 11 is 0. The zero-order valence-corrected chi connectivity index (χ0v) is 13.1. The number of nitrogens with one attached hydrogen (secondary N) is 1. The summed E-state index contributed by atoms with van der Waals surface area (Å²) in [5.74, 6) is 0.586. The molecule has 22 heavy (non-hydrogen) atoms. The molecule has 1 amide bonds. The molecule has 1 aliphatic rings. The second-order valence-corrected chi connectivity index (χ2v) is 5.96. The molecular weight excluding hydrogens is 276 g/mol. The fourth-order valence-electron chi connectivity index (χ4n) is 2.82. The Labute approximate surface area is 130 Å². The first-order valence-electron chi connectivity index (χ1n) is 7.58. The molecule has 0 saturated carbocycles. The van der Waals surface area contributed by atoms with Crippen molar-refractivity contribution in [2.24, 2.45) is 0 Å². The number of amides is 1. The van der Waals surface area contributed by atoms with Crippen molar-refractivity contribution in [1.82, 2.24) is 10.2 Å². The van der Waals surface area contributed by atoms with Gasteiger partial charge in [-0.25, -0.2) is 0 Å². The minimum absolute atomic E-state index is 0.0963. The topological polar surface area (TPSA) is 58.1 Å². The summed E-state index contributed by atoms with van der Waals surface area (Å²) in [4.78, 5) is 14.6. The molecule has 1 unspecified atom stereocenters. The van der Waals surface area contributed by atoms with Crippen molar-refractivity contribution in [3.63, 3.8) is 0 Å². The van der Waals surface area contributed by atoms with Gasteiger partial charge >= 0.3 is 0 Å². The molecule has 0 saturated heterocycles. The minimum atomic E-state index is -0.0963. The normalized spacial score (nSPS) is 16.7. The SMILES string of the molecule is CC(C)Nc1ccc(C(=O)N2c3ccccc3CC2C)nn1. The Bertz CT molecular complexity index is 681. The second kappa shape index (κ2) is 5.75. The Morgan fingerprint density at radius 3 is 2.68 bits per heavy atom. The highest BCUT2D eigenvalue weighted by molar-refractivity contribution is 6.06. The second-order valence-electron chi connectivity index (χ2n) is 5.96. The van der Waals surface area contributed by atoms with E-state index in [0.717, 1.165) is 12.1 Å². The first-order chi connectivity index (χ1) is 10.6. The van der Waals surface area contributed by atoms with Crippen LogP contribution >= 0.6 is 0 Å². The minimum Gasteiger partial charge on any atom is -0.366 e. The van der Waals surface area contributed by atoms with Gasteiger partial charge in [0.1, 0.15) is 5.82 Å². The smallest absolute Gasteiger partial charge is 0.279 e. The summed E-state index contributed by atoms with van der Waals surface area (Å²) in [6, 6.07) is 12.0. The third-order valence-corrected chi connectivity index (χ3v) is 3.75. The van der Waals surface area contributed by atoms with Crippen LogP contribution in [0.25, 0.3) is 0 Å². The van der Waals surface area contributed by atoms with E-state index in [1.54, 1.807) is 12.1 Å². The lowest BCUT2D eigenvalue weighted by molar-refractivity contribution is 0.0975. The highest BCUT2D eigenvalue weighted by atomic mass is 16.2. The van der Waals surface area contributed by atoms with Crippen molar-refractivity contribution < 1.29 is 4.79 Å². The predicted octanol–water partition coefficient (Wildman–Crippen LogP) is 2.89. The number of hydrogen-bond acceptors (Lipinski definition) is 4. The van der Waals surface area contributed by atoms with Crippen LogP contribution < -0.4 is 10.2 Å². The maximum Gasteiger partial charge on any atom is 0.279 e. The summed E-state index contributed by atoms with van der Waals surface area (Å²) in [6.07, 6.45) is 0.877. The molecule has 1 aromatic heterocycles. The van der Waals surface area contributed by atoms with Crippen molar-refractivity contribution in [1.29, 1.82) is 0 Å². The quantitative estimate of drug-likeness (QED) is 0.946. The van der Waals surface area contributed by atoms with Crippen LogP contribution in [0.2, 0.25) is 0 Å². The fraction of sp³-hybridized carbons (Fsp3) is 0.353.